The molecule has 1 aromatic rings. The van der Waals surface area contributed by atoms with Crippen molar-refractivity contribution < 1.29 is 13.6 Å². The Morgan fingerprint density at radius 3 is 2.35 bits per heavy atom. The summed E-state index contributed by atoms with van der Waals surface area (Å²) >= 11 is 0. The van der Waals surface area contributed by atoms with Crippen molar-refractivity contribution in [2.75, 3.05) is 50.6 Å². The standard InChI is InChI=1S/C18H21F2N5O/c1-9-13(19)15-12-16(14(9)20)24(5)18(26)11-8-22(3)6-7-25(11)17(12)21-10(2)23(15)4/h11H,2,6-8H2,1,3-5H3. The lowest BCUT2D eigenvalue weighted by molar-refractivity contribution is -0.123. The van der Waals surface area contributed by atoms with E-state index in [0.717, 1.165) is 6.54 Å². The lowest BCUT2D eigenvalue weighted by Gasteiger charge is -2.41. The van der Waals surface area contributed by atoms with E-state index in [2.05, 4.69) is 16.5 Å². The molecular formula is C18H21F2N5O. The minimum absolute atomic E-state index is 0.0825. The van der Waals surface area contributed by atoms with Gasteiger partial charge in [-0.05, 0) is 14.0 Å². The van der Waals surface area contributed by atoms with Crippen LogP contribution in [-0.2, 0) is 4.79 Å². The lowest BCUT2D eigenvalue weighted by Crippen LogP contribution is -2.59. The van der Waals surface area contributed by atoms with Gasteiger partial charge in [-0.3, -0.25) is 4.79 Å². The van der Waals surface area contributed by atoms with Gasteiger partial charge in [0.05, 0.1) is 16.9 Å². The van der Waals surface area contributed by atoms with Crippen LogP contribution in [0, 0.1) is 18.6 Å². The first kappa shape index (κ1) is 17.0. The number of carbonyl (C=O) groups is 1. The van der Waals surface area contributed by atoms with Crippen molar-refractivity contribution in [2.45, 2.75) is 13.0 Å². The predicted molar refractivity (Wildman–Crippen MR) is 96.6 cm³/mol. The summed E-state index contributed by atoms with van der Waals surface area (Å²) in [6.07, 6.45) is 0. The Morgan fingerprint density at radius 2 is 1.69 bits per heavy atom. The summed E-state index contributed by atoms with van der Waals surface area (Å²) in [4.78, 5) is 24.4. The highest BCUT2D eigenvalue weighted by atomic mass is 19.1. The number of halogens is 2. The number of hydrogen-bond donors (Lipinski definition) is 0. The maximum atomic E-state index is 15.1. The molecule has 1 amide bonds. The number of piperazine rings is 1. The van der Waals surface area contributed by atoms with E-state index in [1.165, 1.54) is 23.8 Å². The molecule has 3 aliphatic heterocycles. The number of amidine groups is 1. The normalized spacial score (nSPS) is 22.9. The van der Waals surface area contributed by atoms with Gasteiger partial charge in [-0.2, -0.15) is 0 Å². The van der Waals surface area contributed by atoms with Crippen molar-refractivity contribution in [2.24, 2.45) is 4.99 Å². The maximum Gasteiger partial charge on any atom is 0.250 e. The molecule has 1 atom stereocenters. The first-order chi connectivity index (χ1) is 12.2. The van der Waals surface area contributed by atoms with Crippen molar-refractivity contribution in [3.05, 3.63) is 35.2 Å². The number of carbonyl (C=O) groups excluding carboxylic acids is 1. The van der Waals surface area contributed by atoms with Gasteiger partial charge in [-0.1, -0.05) is 6.58 Å². The number of rotatable bonds is 0. The first-order valence-electron chi connectivity index (χ1n) is 8.50. The molecule has 0 saturated carbocycles. The zero-order valence-corrected chi connectivity index (χ0v) is 15.3. The van der Waals surface area contributed by atoms with Gasteiger partial charge in [0.1, 0.15) is 17.7 Å². The average Bonchev–Trinajstić information content (AvgIpc) is 2.69. The largest absolute Gasteiger partial charge is 0.341 e. The number of hydrogen-bond acceptors (Lipinski definition) is 5. The van der Waals surface area contributed by atoms with Gasteiger partial charge in [-0.15, -0.1) is 0 Å². The average molecular weight is 361 g/mol. The number of benzene rings is 1. The summed E-state index contributed by atoms with van der Waals surface area (Å²) in [6, 6.07) is -0.503. The van der Waals surface area contributed by atoms with Crippen LogP contribution in [0.25, 0.3) is 0 Å². The molecule has 3 heterocycles. The summed E-state index contributed by atoms with van der Waals surface area (Å²) in [7, 11) is 5.12. The molecule has 26 heavy (non-hydrogen) atoms. The van der Waals surface area contributed by atoms with Crippen molar-refractivity contribution in [3.8, 4) is 0 Å². The van der Waals surface area contributed by atoms with E-state index < -0.39 is 17.7 Å². The highest BCUT2D eigenvalue weighted by Gasteiger charge is 2.45. The van der Waals surface area contributed by atoms with E-state index in [4.69, 9.17) is 0 Å². The molecule has 1 saturated heterocycles. The van der Waals surface area contributed by atoms with Crippen LogP contribution >= 0.6 is 0 Å². The van der Waals surface area contributed by atoms with Crippen LogP contribution in [0.1, 0.15) is 11.1 Å². The lowest BCUT2D eigenvalue weighted by atomic mass is 10.0. The van der Waals surface area contributed by atoms with E-state index in [1.54, 1.807) is 7.05 Å². The molecule has 0 N–H and O–H groups in total. The Kier molecular flexibility index (Phi) is 3.59. The number of nitrogens with zero attached hydrogens (tertiary/aromatic N) is 5. The summed E-state index contributed by atoms with van der Waals surface area (Å²) in [5.41, 5.74) is 0.506. The molecule has 1 aromatic carbocycles. The molecule has 0 aromatic heterocycles. The molecule has 4 rings (SSSR count). The fourth-order valence-electron chi connectivity index (χ4n) is 3.93. The molecule has 0 aliphatic carbocycles. The topological polar surface area (TPSA) is 42.4 Å². The Labute approximate surface area is 151 Å². The second-order valence-electron chi connectivity index (χ2n) is 7.10. The Morgan fingerprint density at radius 1 is 1.08 bits per heavy atom. The van der Waals surface area contributed by atoms with E-state index in [-0.39, 0.29) is 22.8 Å². The van der Waals surface area contributed by atoms with Crippen molar-refractivity contribution >= 4 is 23.1 Å². The zero-order valence-electron chi connectivity index (χ0n) is 15.3. The third-order valence-corrected chi connectivity index (χ3v) is 5.54. The summed E-state index contributed by atoms with van der Waals surface area (Å²) in [6.45, 7) is 7.06. The molecule has 138 valence electrons. The van der Waals surface area contributed by atoms with Crippen molar-refractivity contribution in [3.63, 3.8) is 0 Å². The van der Waals surface area contributed by atoms with E-state index >= 15 is 8.78 Å². The second-order valence-corrected chi connectivity index (χ2v) is 7.10. The maximum absolute atomic E-state index is 15.1. The van der Waals surface area contributed by atoms with Gasteiger partial charge in [0.2, 0.25) is 0 Å². The molecule has 1 fully saturated rings. The number of anilines is 2. The Bertz CT molecular complexity index is 881. The van der Waals surface area contributed by atoms with Gasteiger partial charge in [-0.25, -0.2) is 13.8 Å². The fourth-order valence-corrected chi connectivity index (χ4v) is 3.93. The van der Waals surface area contributed by atoms with Gasteiger partial charge in [0.25, 0.3) is 5.91 Å². The van der Waals surface area contributed by atoms with Crippen LogP contribution in [0.2, 0.25) is 0 Å². The number of likely N-dealkylation sites (N-methyl/N-ethyl adjacent to an activating group) is 2. The van der Waals surface area contributed by atoms with Crippen LogP contribution in [-0.4, -0.2) is 68.4 Å². The SMILES string of the molecule is C=C1N=C2c3c(c(F)c(C)c(F)c3N(C)C(=O)C3CN(C)CCN23)N1C. The number of aliphatic imine (C=N–C) groups is 1. The monoisotopic (exact) mass is 361 g/mol. The van der Waals surface area contributed by atoms with Crippen LogP contribution in [0.3, 0.4) is 0 Å². The Balaban J connectivity index is 2.08. The van der Waals surface area contributed by atoms with Gasteiger partial charge >= 0.3 is 0 Å². The summed E-state index contributed by atoms with van der Waals surface area (Å²) in [5, 5.41) is 0. The Hall–Kier alpha value is -2.48. The fraction of sp³-hybridized carbons (Fsp3) is 0.444. The highest BCUT2D eigenvalue weighted by Crippen LogP contribution is 2.44. The quantitative estimate of drug-likeness (QED) is 0.703. The molecule has 0 spiro atoms. The van der Waals surface area contributed by atoms with Gasteiger partial charge < -0.3 is 19.6 Å². The van der Waals surface area contributed by atoms with E-state index in [9.17, 15) is 4.79 Å². The van der Waals surface area contributed by atoms with Gasteiger partial charge in [0.15, 0.2) is 11.6 Å². The van der Waals surface area contributed by atoms with Crippen LogP contribution < -0.4 is 9.80 Å². The molecule has 0 radical (unpaired) electrons. The minimum Gasteiger partial charge on any atom is -0.341 e. The molecule has 0 bridgehead atoms. The van der Waals surface area contributed by atoms with Crippen LogP contribution in [0.15, 0.2) is 17.4 Å². The molecular weight excluding hydrogens is 340 g/mol. The smallest absolute Gasteiger partial charge is 0.250 e. The predicted octanol–water partition coefficient (Wildman–Crippen LogP) is 1.53. The minimum atomic E-state index is -0.723. The van der Waals surface area contributed by atoms with Crippen LogP contribution in [0.4, 0.5) is 20.2 Å². The third kappa shape index (κ3) is 2.05. The van der Waals surface area contributed by atoms with Crippen molar-refractivity contribution in [1.82, 2.24) is 9.80 Å². The summed E-state index contributed by atoms with van der Waals surface area (Å²) < 4.78 is 30.1. The highest BCUT2D eigenvalue weighted by molar-refractivity contribution is 6.17. The van der Waals surface area contributed by atoms with E-state index in [0.29, 0.717) is 30.3 Å². The van der Waals surface area contributed by atoms with Crippen LogP contribution in [0.5, 0.6) is 0 Å². The molecule has 6 nitrogen and oxygen atoms in total. The van der Waals surface area contributed by atoms with Gasteiger partial charge in [0, 0.05) is 39.3 Å². The molecule has 1 unspecified atom stereocenters. The second kappa shape index (κ2) is 5.51. The summed E-state index contributed by atoms with van der Waals surface area (Å²) in [5.74, 6) is -0.816. The van der Waals surface area contributed by atoms with Crippen molar-refractivity contribution in [1.29, 1.82) is 0 Å². The zero-order chi connectivity index (χ0) is 18.9. The van der Waals surface area contributed by atoms with E-state index in [1.807, 2.05) is 11.9 Å². The number of amides is 1. The third-order valence-electron chi connectivity index (χ3n) is 5.54. The number of fused-ring (bicyclic) bond motifs is 2. The first-order valence-corrected chi connectivity index (χ1v) is 8.50. The molecule has 3 aliphatic rings. The molecule has 8 heteroatoms.